The number of hydrogen-bond donors (Lipinski definition) is 1. The molecule has 1 aliphatic carbocycles. The van der Waals surface area contributed by atoms with Gasteiger partial charge in [0.05, 0.1) is 4.90 Å². The molecule has 1 aliphatic rings. The Morgan fingerprint density at radius 1 is 1.28 bits per heavy atom. The smallest absolute Gasteiger partial charge is 0.252 e. The van der Waals surface area contributed by atoms with E-state index >= 15 is 0 Å². The molecular weight excluding hydrogens is 390 g/mol. The molecule has 2 heterocycles. The standard InChI is InChI=1S/C21H27N3O4S/c1-14-8-9-19(22-12-14)23-21(26)17(10-16-6-4-5-7-16)24-13-15(2)18(11-20(24)25)29(3,27)28/h8-9,11-13,16-17H,4-7,10H2,1-3H3,(H,22,23,26)/t17-/m0/s1. The molecule has 0 aliphatic heterocycles. The van der Waals surface area contributed by atoms with Gasteiger partial charge in [0, 0.05) is 24.7 Å². The lowest BCUT2D eigenvalue weighted by atomic mass is 9.97. The van der Waals surface area contributed by atoms with Crippen molar-refractivity contribution in [1.82, 2.24) is 9.55 Å². The van der Waals surface area contributed by atoms with E-state index in [0.29, 0.717) is 23.7 Å². The number of nitrogens with one attached hydrogen (secondary N) is 1. The Morgan fingerprint density at radius 3 is 2.55 bits per heavy atom. The van der Waals surface area contributed by atoms with Crippen LogP contribution in [0.2, 0.25) is 0 Å². The number of anilines is 1. The first-order valence-electron chi connectivity index (χ1n) is 9.81. The molecule has 0 aromatic carbocycles. The summed E-state index contributed by atoms with van der Waals surface area (Å²) in [4.78, 5) is 30.1. The quantitative estimate of drug-likeness (QED) is 0.779. The van der Waals surface area contributed by atoms with Gasteiger partial charge < -0.3 is 9.88 Å². The van der Waals surface area contributed by atoms with E-state index in [1.807, 2.05) is 13.0 Å². The molecule has 7 nitrogen and oxygen atoms in total. The van der Waals surface area contributed by atoms with Crippen LogP contribution in [0.4, 0.5) is 5.82 Å². The number of aryl methyl sites for hydroxylation is 2. The van der Waals surface area contributed by atoms with Crippen molar-refractivity contribution in [2.75, 3.05) is 11.6 Å². The number of carbonyl (C=O) groups is 1. The van der Waals surface area contributed by atoms with Crippen molar-refractivity contribution in [3.8, 4) is 0 Å². The first kappa shape index (κ1) is 21.2. The molecule has 29 heavy (non-hydrogen) atoms. The zero-order valence-electron chi connectivity index (χ0n) is 17.0. The summed E-state index contributed by atoms with van der Waals surface area (Å²) in [5.41, 5.74) is 0.935. The van der Waals surface area contributed by atoms with Crippen molar-refractivity contribution in [3.05, 3.63) is 52.1 Å². The number of pyridine rings is 2. The summed E-state index contributed by atoms with van der Waals surface area (Å²) in [6.07, 6.45) is 9.07. The third-order valence-corrected chi connectivity index (χ3v) is 6.70. The van der Waals surface area contributed by atoms with Crippen molar-refractivity contribution < 1.29 is 13.2 Å². The van der Waals surface area contributed by atoms with Crippen LogP contribution in [0.1, 0.15) is 49.3 Å². The van der Waals surface area contributed by atoms with Crippen LogP contribution >= 0.6 is 0 Å². The lowest BCUT2D eigenvalue weighted by molar-refractivity contribution is -0.119. The van der Waals surface area contributed by atoms with E-state index in [9.17, 15) is 18.0 Å². The fourth-order valence-corrected chi connectivity index (χ4v) is 4.89. The summed E-state index contributed by atoms with van der Waals surface area (Å²) in [5.74, 6) is 0.468. The highest BCUT2D eigenvalue weighted by Crippen LogP contribution is 2.32. The van der Waals surface area contributed by atoms with Crippen LogP contribution in [-0.2, 0) is 14.6 Å². The van der Waals surface area contributed by atoms with Gasteiger partial charge in [0.25, 0.3) is 5.56 Å². The molecule has 0 radical (unpaired) electrons. The minimum absolute atomic E-state index is 0.000948. The molecule has 1 saturated carbocycles. The molecule has 2 aromatic rings. The molecular formula is C21H27N3O4S. The summed E-state index contributed by atoms with van der Waals surface area (Å²) in [6.45, 7) is 3.55. The summed E-state index contributed by atoms with van der Waals surface area (Å²) in [7, 11) is -3.52. The first-order valence-corrected chi connectivity index (χ1v) is 11.7. The topological polar surface area (TPSA) is 98.1 Å². The van der Waals surface area contributed by atoms with Gasteiger partial charge in [0.1, 0.15) is 11.9 Å². The van der Waals surface area contributed by atoms with Gasteiger partial charge in [-0.15, -0.1) is 0 Å². The van der Waals surface area contributed by atoms with Crippen LogP contribution in [0.15, 0.2) is 40.3 Å². The Labute approximate surface area is 171 Å². The summed E-state index contributed by atoms with van der Waals surface area (Å²) < 4.78 is 25.2. The van der Waals surface area contributed by atoms with E-state index in [1.165, 1.54) is 10.8 Å². The molecule has 3 rings (SSSR count). The van der Waals surface area contributed by atoms with Gasteiger partial charge in [-0.25, -0.2) is 13.4 Å². The van der Waals surface area contributed by atoms with Crippen molar-refractivity contribution in [2.24, 2.45) is 5.92 Å². The van der Waals surface area contributed by atoms with Crippen molar-refractivity contribution >= 4 is 21.6 Å². The van der Waals surface area contributed by atoms with Gasteiger partial charge >= 0.3 is 0 Å². The second-order valence-electron chi connectivity index (χ2n) is 7.95. The molecule has 1 N–H and O–H groups in total. The van der Waals surface area contributed by atoms with Gasteiger partial charge in [-0.2, -0.15) is 0 Å². The molecule has 0 unspecified atom stereocenters. The van der Waals surface area contributed by atoms with Gasteiger partial charge in [0.2, 0.25) is 5.91 Å². The fourth-order valence-electron chi connectivity index (χ4n) is 3.94. The molecule has 1 amide bonds. The van der Waals surface area contributed by atoms with Crippen LogP contribution in [-0.4, -0.2) is 30.1 Å². The monoisotopic (exact) mass is 417 g/mol. The maximum absolute atomic E-state index is 13.1. The minimum Gasteiger partial charge on any atom is -0.309 e. The Hall–Kier alpha value is -2.48. The highest BCUT2D eigenvalue weighted by molar-refractivity contribution is 7.90. The van der Waals surface area contributed by atoms with Crippen molar-refractivity contribution in [1.29, 1.82) is 0 Å². The maximum atomic E-state index is 13.1. The minimum atomic E-state index is -3.52. The summed E-state index contributed by atoms with van der Waals surface area (Å²) >= 11 is 0. The lowest BCUT2D eigenvalue weighted by Gasteiger charge is -2.23. The molecule has 1 atom stereocenters. The van der Waals surface area contributed by atoms with Crippen LogP contribution in [0.5, 0.6) is 0 Å². The molecule has 8 heteroatoms. The molecule has 156 valence electrons. The van der Waals surface area contributed by atoms with E-state index < -0.39 is 21.4 Å². The number of hydrogen-bond acceptors (Lipinski definition) is 5. The number of amides is 1. The number of sulfone groups is 1. The van der Waals surface area contributed by atoms with E-state index in [2.05, 4.69) is 10.3 Å². The largest absolute Gasteiger partial charge is 0.309 e. The molecule has 0 bridgehead atoms. The highest BCUT2D eigenvalue weighted by Gasteiger charge is 2.28. The predicted octanol–water partition coefficient (Wildman–Crippen LogP) is 3.02. The van der Waals surface area contributed by atoms with Gasteiger partial charge in [0.15, 0.2) is 9.84 Å². The van der Waals surface area contributed by atoms with Crippen LogP contribution in [0.3, 0.4) is 0 Å². The Morgan fingerprint density at radius 2 is 1.97 bits per heavy atom. The lowest BCUT2D eigenvalue weighted by Crippen LogP contribution is -2.35. The maximum Gasteiger partial charge on any atom is 0.252 e. The van der Waals surface area contributed by atoms with E-state index in [1.54, 1.807) is 19.2 Å². The van der Waals surface area contributed by atoms with E-state index in [0.717, 1.165) is 43.6 Å². The number of carbonyl (C=O) groups excluding carboxylic acids is 1. The Kier molecular flexibility index (Phi) is 6.21. The SMILES string of the molecule is Cc1ccc(NC(=O)[C@H](CC2CCCC2)n2cc(C)c(S(C)(=O)=O)cc2=O)nc1. The van der Waals surface area contributed by atoms with Crippen LogP contribution in [0.25, 0.3) is 0 Å². The molecule has 0 saturated heterocycles. The zero-order chi connectivity index (χ0) is 21.2. The molecule has 0 spiro atoms. The van der Waals surface area contributed by atoms with Gasteiger partial charge in [-0.1, -0.05) is 31.7 Å². The van der Waals surface area contributed by atoms with Crippen molar-refractivity contribution in [3.63, 3.8) is 0 Å². The van der Waals surface area contributed by atoms with E-state index in [-0.39, 0.29) is 10.8 Å². The Bertz CT molecular complexity index is 1050. The normalized spacial score (nSPS) is 16.0. The van der Waals surface area contributed by atoms with E-state index in [4.69, 9.17) is 0 Å². The third-order valence-electron chi connectivity index (χ3n) is 5.46. The number of aromatic nitrogens is 2. The summed E-state index contributed by atoms with van der Waals surface area (Å²) in [6, 6.07) is 3.97. The molecule has 1 fully saturated rings. The average Bonchev–Trinajstić information content (AvgIpc) is 3.15. The van der Waals surface area contributed by atoms with Crippen LogP contribution in [0, 0.1) is 19.8 Å². The van der Waals surface area contributed by atoms with Crippen molar-refractivity contribution in [2.45, 2.75) is 56.9 Å². The second kappa shape index (κ2) is 8.49. The molecule has 2 aromatic heterocycles. The summed E-state index contributed by atoms with van der Waals surface area (Å²) in [5, 5.41) is 2.81. The second-order valence-corrected chi connectivity index (χ2v) is 9.93. The van der Waals surface area contributed by atoms with Gasteiger partial charge in [-0.3, -0.25) is 9.59 Å². The Balaban J connectivity index is 1.96. The average molecular weight is 418 g/mol. The zero-order valence-corrected chi connectivity index (χ0v) is 17.8. The van der Waals surface area contributed by atoms with Crippen LogP contribution < -0.4 is 10.9 Å². The number of nitrogens with zero attached hydrogens (tertiary/aromatic N) is 2. The number of rotatable bonds is 6. The first-order chi connectivity index (χ1) is 13.6. The predicted molar refractivity (Wildman–Crippen MR) is 112 cm³/mol. The highest BCUT2D eigenvalue weighted by atomic mass is 32.2. The fraction of sp³-hybridized carbons (Fsp3) is 0.476. The van der Waals surface area contributed by atoms with Gasteiger partial charge in [-0.05, 0) is 43.4 Å². The third kappa shape index (κ3) is 5.12.